The van der Waals surface area contributed by atoms with Crippen LogP contribution in [0.15, 0.2) is 36.4 Å². The van der Waals surface area contributed by atoms with E-state index >= 15 is 0 Å². The molecule has 0 unspecified atom stereocenters. The summed E-state index contributed by atoms with van der Waals surface area (Å²) in [7, 11) is 1.56. The van der Waals surface area contributed by atoms with E-state index in [1.165, 1.54) is 18.6 Å². The lowest BCUT2D eigenvalue weighted by atomic mass is 10.1. The summed E-state index contributed by atoms with van der Waals surface area (Å²) in [6.07, 6.45) is -1.26. The van der Waals surface area contributed by atoms with Gasteiger partial charge in [0.25, 0.3) is 0 Å². The Bertz CT molecular complexity index is 1060. The van der Waals surface area contributed by atoms with Gasteiger partial charge in [-0.15, -0.1) is 0 Å². The van der Waals surface area contributed by atoms with Crippen molar-refractivity contribution >= 4 is 34.0 Å². The topological polar surface area (TPSA) is 76.3 Å². The van der Waals surface area contributed by atoms with E-state index < -0.39 is 11.7 Å². The fourth-order valence-electron chi connectivity index (χ4n) is 3.69. The van der Waals surface area contributed by atoms with Crippen molar-refractivity contribution in [2.75, 3.05) is 36.1 Å². The Kier molecular flexibility index (Phi) is 5.27. The van der Waals surface area contributed by atoms with Crippen molar-refractivity contribution in [2.24, 2.45) is 0 Å². The van der Waals surface area contributed by atoms with Crippen molar-refractivity contribution in [3.05, 3.63) is 42.0 Å². The molecule has 158 valence electrons. The molecular formula is C21H22F3N5O. The molecule has 2 aromatic carbocycles. The lowest BCUT2D eigenvalue weighted by molar-refractivity contribution is -0.136. The van der Waals surface area contributed by atoms with Crippen LogP contribution >= 0.6 is 0 Å². The molecule has 1 fully saturated rings. The van der Waals surface area contributed by atoms with Crippen molar-refractivity contribution in [2.45, 2.75) is 25.4 Å². The van der Waals surface area contributed by atoms with Gasteiger partial charge in [-0.2, -0.15) is 18.2 Å². The zero-order valence-electron chi connectivity index (χ0n) is 16.5. The summed E-state index contributed by atoms with van der Waals surface area (Å²) in [5.74, 6) is 1.52. The Morgan fingerprint density at radius 3 is 2.53 bits per heavy atom. The molecule has 3 aromatic rings. The Balaban J connectivity index is 1.79. The number of halogens is 3. The molecule has 0 radical (unpaired) electrons. The van der Waals surface area contributed by atoms with Crippen LogP contribution in [0.4, 0.5) is 36.3 Å². The molecule has 1 aliphatic rings. The third-order valence-corrected chi connectivity index (χ3v) is 5.16. The number of nitrogens with two attached hydrogens (primary N) is 1. The van der Waals surface area contributed by atoms with Crippen LogP contribution < -0.4 is 20.7 Å². The largest absolute Gasteiger partial charge is 0.494 e. The first-order chi connectivity index (χ1) is 14.4. The fraction of sp³-hybridized carbons (Fsp3) is 0.333. The van der Waals surface area contributed by atoms with E-state index in [0.717, 1.165) is 43.2 Å². The number of anilines is 4. The first-order valence-electron chi connectivity index (χ1n) is 9.70. The number of hydrogen-bond acceptors (Lipinski definition) is 6. The van der Waals surface area contributed by atoms with E-state index in [0.29, 0.717) is 11.3 Å². The summed E-state index contributed by atoms with van der Waals surface area (Å²) in [5.41, 5.74) is 5.07. The Labute approximate surface area is 171 Å². The Morgan fingerprint density at radius 2 is 1.83 bits per heavy atom. The predicted molar refractivity (Wildman–Crippen MR) is 111 cm³/mol. The SMILES string of the molecule is COc1cccc2c(N3CCCCC3)nc(Nc3ccc(N)c(C(F)(F)F)c3)nc12. The van der Waals surface area contributed by atoms with Gasteiger partial charge in [-0.25, -0.2) is 4.98 Å². The normalized spacial score (nSPS) is 14.7. The van der Waals surface area contributed by atoms with Crippen LogP contribution in [-0.4, -0.2) is 30.2 Å². The highest BCUT2D eigenvalue weighted by molar-refractivity contribution is 5.94. The second-order valence-corrected chi connectivity index (χ2v) is 7.20. The lowest BCUT2D eigenvalue weighted by Gasteiger charge is -2.29. The van der Waals surface area contributed by atoms with Gasteiger partial charge < -0.3 is 20.7 Å². The summed E-state index contributed by atoms with van der Waals surface area (Å²) in [6.45, 7) is 1.73. The number of hydrogen-bond donors (Lipinski definition) is 2. The minimum atomic E-state index is -4.55. The van der Waals surface area contributed by atoms with Gasteiger partial charge in [0.15, 0.2) is 0 Å². The smallest absolute Gasteiger partial charge is 0.418 e. The third-order valence-electron chi connectivity index (χ3n) is 5.16. The number of aromatic nitrogens is 2. The Hall–Kier alpha value is -3.23. The number of ether oxygens (including phenoxy) is 1. The summed E-state index contributed by atoms with van der Waals surface area (Å²) in [6, 6.07) is 9.26. The molecular weight excluding hydrogens is 395 g/mol. The number of methoxy groups -OCH3 is 1. The average molecular weight is 417 g/mol. The maximum Gasteiger partial charge on any atom is 0.418 e. The number of nitrogens with zero attached hydrogens (tertiary/aromatic N) is 3. The monoisotopic (exact) mass is 417 g/mol. The number of nitrogens with one attached hydrogen (secondary N) is 1. The van der Waals surface area contributed by atoms with Crippen molar-refractivity contribution in [1.29, 1.82) is 0 Å². The van der Waals surface area contributed by atoms with Gasteiger partial charge >= 0.3 is 6.18 Å². The highest BCUT2D eigenvalue weighted by atomic mass is 19.4. The lowest BCUT2D eigenvalue weighted by Crippen LogP contribution is -2.30. The van der Waals surface area contributed by atoms with E-state index in [-0.39, 0.29) is 17.3 Å². The molecule has 9 heteroatoms. The molecule has 0 amide bonds. The molecule has 0 bridgehead atoms. The first-order valence-corrected chi connectivity index (χ1v) is 9.70. The first kappa shape index (κ1) is 20.1. The number of alkyl halides is 3. The zero-order valence-corrected chi connectivity index (χ0v) is 16.5. The van der Waals surface area contributed by atoms with Crippen LogP contribution in [0.3, 0.4) is 0 Å². The molecule has 0 saturated carbocycles. The van der Waals surface area contributed by atoms with E-state index in [9.17, 15) is 13.2 Å². The standard InChI is InChI=1S/C21H22F3N5O/c1-30-17-7-5-6-14-18(17)27-20(28-19(14)29-10-3-2-4-11-29)26-13-8-9-16(25)15(12-13)21(22,23)24/h5-9,12H,2-4,10-11,25H2,1H3,(H,26,27,28). The molecule has 0 spiro atoms. The Morgan fingerprint density at radius 1 is 1.07 bits per heavy atom. The minimum absolute atomic E-state index is 0.200. The number of piperidine rings is 1. The van der Waals surface area contributed by atoms with Crippen molar-refractivity contribution in [3.8, 4) is 5.75 Å². The number of para-hydroxylation sites is 1. The van der Waals surface area contributed by atoms with E-state index in [1.807, 2.05) is 12.1 Å². The van der Waals surface area contributed by atoms with Crippen LogP contribution in [0, 0.1) is 0 Å². The molecule has 0 atom stereocenters. The molecule has 6 nitrogen and oxygen atoms in total. The average Bonchev–Trinajstić information content (AvgIpc) is 2.74. The van der Waals surface area contributed by atoms with E-state index in [4.69, 9.17) is 10.5 Å². The van der Waals surface area contributed by atoms with Gasteiger partial charge in [-0.3, -0.25) is 0 Å². The van der Waals surface area contributed by atoms with Gasteiger partial charge in [-0.1, -0.05) is 6.07 Å². The van der Waals surface area contributed by atoms with Crippen molar-refractivity contribution in [3.63, 3.8) is 0 Å². The number of rotatable bonds is 4. The molecule has 0 aliphatic carbocycles. The third kappa shape index (κ3) is 3.92. The van der Waals surface area contributed by atoms with E-state index in [1.54, 1.807) is 13.2 Å². The second kappa shape index (κ2) is 7.89. The van der Waals surface area contributed by atoms with Gasteiger partial charge in [0.1, 0.15) is 17.1 Å². The minimum Gasteiger partial charge on any atom is -0.494 e. The molecule has 3 N–H and O–H groups in total. The molecule has 2 heterocycles. The zero-order chi connectivity index (χ0) is 21.3. The van der Waals surface area contributed by atoms with Gasteiger partial charge in [0.2, 0.25) is 5.95 Å². The van der Waals surface area contributed by atoms with Crippen LogP contribution in [0.2, 0.25) is 0 Å². The van der Waals surface area contributed by atoms with Crippen molar-refractivity contribution < 1.29 is 17.9 Å². The molecule has 4 rings (SSSR count). The maximum atomic E-state index is 13.2. The summed E-state index contributed by atoms with van der Waals surface area (Å²) in [5, 5.41) is 3.75. The fourth-order valence-corrected chi connectivity index (χ4v) is 3.69. The molecule has 1 aromatic heterocycles. The summed E-state index contributed by atoms with van der Waals surface area (Å²) >= 11 is 0. The van der Waals surface area contributed by atoms with E-state index in [2.05, 4.69) is 20.2 Å². The number of fused-ring (bicyclic) bond motifs is 1. The van der Waals surface area contributed by atoms with Crippen LogP contribution in [0.1, 0.15) is 24.8 Å². The predicted octanol–water partition coefficient (Wildman–Crippen LogP) is 4.97. The van der Waals surface area contributed by atoms with Gasteiger partial charge in [0.05, 0.1) is 12.7 Å². The van der Waals surface area contributed by atoms with Gasteiger partial charge in [0, 0.05) is 29.9 Å². The molecule has 1 saturated heterocycles. The highest BCUT2D eigenvalue weighted by Gasteiger charge is 2.33. The molecule has 30 heavy (non-hydrogen) atoms. The number of nitrogen functional groups attached to an aromatic ring is 1. The quantitative estimate of drug-likeness (QED) is 0.584. The van der Waals surface area contributed by atoms with Crippen molar-refractivity contribution in [1.82, 2.24) is 9.97 Å². The molecule has 1 aliphatic heterocycles. The van der Waals surface area contributed by atoms with Crippen LogP contribution in [0.5, 0.6) is 5.75 Å². The highest BCUT2D eigenvalue weighted by Crippen LogP contribution is 2.37. The second-order valence-electron chi connectivity index (χ2n) is 7.20. The van der Waals surface area contributed by atoms with Gasteiger partial charge in [-0.05, 0) is 49.6 Å². The maximum absolute atomic E-state index is 13.2. The summed E-state index contributed by atoms with van der Waals surface area (Å²) < 4.78 is 45.1. The number of benzene rings is 2. The van der Waals surface area contributed by atoms with Crippen LogP contribution in [0.25, 0.3) is 10.9 Å². The van der Waals surface area contributed by atoms with Crippen LogP contribution in [-0.2, 0) is 6.18 Å². The summed E-state index contributed by atoms with van der Waals surface area (Å²) in [4.78, 5) is 11.4.